The van der Waals surface area contributed by atoms with E-state index in [-0.39, 0.29) is 35.9 Å². The van der Waals surface area contributed by atoms with Crippen LogP contribution >= 0.6 is 24.0 Å². The number of morpholine rings is 1. The van der Waals surface area contributed by atoms with Crippen molar-refractivity contribution in [1.82, 2.24) is 20.2 Å². The molecular formula is C35H42Cl2N8O3. The van der Waals surface area contributed by atoms with Crippen LogP contribution in [0, 0.1) is 18.8 Å². The molecule has 1 aliphatic heterocycles. The van der Waals surface area contributed by atoms with Crippen LogP contribution in [0.25, 0.3) is 22.5 Å². The smallest absolute Gasteiger partial charge is 0.240 e. The van der Waals surface area contributed by atoms with Crippen LogP contribution in [0.5, 0.6) is 0 Å². The fourth-order valence-corrected chi connectivity index (χ4v) is 6.78. The van der Waals surface area contributed by atoms with Crippen LogP contribution in [0.4, 0.5) is 11.5 Å². The Morgan fingerprint density at radius 2 is 1.79 bits per heavy atom. The SMILES string of the molecule is Cc1cc(N2CCOCC2)ncc1-c1cccc(C[C@@H](C(N)=O)N(C(=O)C2CCC(CN)CC2)c2ccc(-c3n[nH]c(Cl)n3)cc2)c1.Cl. The van der Waals surface area contributed by atoms with Crippen molar-refractivity contribution in [1.29, 1.82) is 0 Å². The van der Waals surface area contributed by atoms with E-state index in [9.17, 15) is 9.59 Å². The minimum atomic E-state index is -0.906. The van der Waals surface area contributed by atoms with E-state index in [2.05, 4.69) is 39.1 Å². The second-order valence-corrected chi connectivity index (χ2v) is 12.8. The molecule has 1 saturated heterocycles. The topological polar surface area (TPSA) is 156 Å². The second-order valence-electron chi connectivity index (χ2n) is 12.4. The van der Waals surface area contributed by atoms with E-state index < -0.39 is 11.9 Å². The van der Waals surface area contributed by atoms with Crippen LogP contribution in [-0.2, 0) is 20.7 Å². The molecule has 1 saturated carbocycles. The first kappa shape index (κ1) is 35.3. The Balaban J connectivity index is 0.00000451. The summed E-state index contributed by atoms with van der Waals surface area (Å²) in [6.07, 6.45) is 5.36. The maximum Gasteiger partial charge on any atom is 0.240 e. The number of nitrogens with zero attached hydrogens (tertiary/aromatic N) is 5. The van der Waals surface area contributed by atoms with Crippen molar-refractivity contribution >= 4 is 47.3 Å². The molecule has 6 rings (SSSR count). The highest BCUT2D eigenvalue weighted by Crippen LogP contribution is 2.34. The van der Waals surface area contributed by atoms with E-state index in [1.54, 1.807) is 17.0 Å². The first-order valence-corrected chi connectivity index (χ1v) is 16.6. The highest BCUT2D eigenvalue weighted by Gasteiger charge is 2.36. The van der Waals surface area contributed by atoms with Gasteiger partial charge in [-0.1, -0.05) is 24.3 Å². The molecule has 11 nitrogen and oxygen atoms in total. The van der Waals surface area contributed by atoms with Gasteiger partial charge in [0.05, 0.1) is 13.2 Å². The molecule has 48 heavy (non-hydrogen) atoms. The zero-order valence-electron chi connectivity index (χ0n) is 27.0. The number of nitrogens with two attached hydrogens (primary N) is 2. The quantitative estimate of drug-likeness (QED) is 0.211. The lowest BCUT2D eigenvalue weighted by atomic mass is 9.81. The maximum atomic E-state index is 14.3. The van der Waals surface area contributed by atoms with Gasteiger partial charge in [0.2, 0.25) is 17.1 Å². The molecule has 0 radical (unpaired) electrons. The third-order valence-electron chi connectivity index (χ3n) is 9.37. The predicted octanol–water partition coefficient (Wildman–Crippen LogP) is 4.95. The number of amides is 2. The number of nitrogens with one attached hydrogen (secondary N) is 1. The summed E-state index contributed by atoms with van der Waals surface area (Å²) in [5, 5.41) is 6.94. The number of pyridine rings is 1. The molecule has 0 spiro atoms. The second kappa shape index (κ2) is 15.9. The van der Waals surface area contributed by atoms with Gasteiger partial charge in [0.1, 0.15) is 11.9 Å². The third kappa shape index (κ3) is 7.98. The number of benzene rings is 2. The number of carbonyl (C=O) groups is 2. The van der Waals surface area contributed by atoms with E-state index in [1.807, 2.05) is 36.5 Å². The van der Waals surface area contributed by atoms with Gasteiger partial charge in [-0.05, 0) is 104 Å². The molecule has 5 N–H and O–H groups in total. The lowest BCUT2D eigenvalue weighted by Crippen LogP contribution is -2.52. The van der Waals surface area contributed by atoms with Crippen LogP contribution in [-0.4, -0.2) is 70.9 Å². The molecule has 2 aromatic heterocycles. The van der Waals surface area contributed by atoms with Crippen molar-refractivity contribution < 1.29 is 14.3 Å². The van der Waals surface area contributed by atoms with Gasteiger partial charge in [0.25, 0.3) is 0 Å². The average Bonchev–Trinajstić information content (AvgIpc) is 3.54. The summed E-state index contributed by atoms with van der Waals surface area (Å²) in [4.78, 5) is 40.3. The number of aryl methyl sites for hydroxylation is 1. The van der Waals surface area contributed by atoms with Gasteiger partial charge in [-0.3, -0.25) is 14.5 Å². The van der Waals surface area contributed by atoms with Gasteiger partial charge in [-0.15, -0.1) is 12.4 Å². The number of hydrogen-bond acceptors (Lipinski definition) is 8. The van der Waals surface area contributed by atoms with Crippen molar-refractivity contribution in [2.75, 3.05) is 42.6 Å². The number of H-pyrrole nitrogens is 1. The van der Waals surface area contributed by atoms with Crippen LogP contribution < -0.4 is 21.3 Å². The van der Waals surface area contributed by atoms with Crippen molar-refractivity contribution in [2.24, 2.45) is 23.3 Å². The molecule has 2 amide bonds. The molecule has 3 heterocycles. The van der Waals surface area contributed by atoms with E-state index in [1.165, 1.54) is 0 Å². The normalized spacial score (nSPS) is 18.5. The summed E-state index contributed by atoms with van der Waals surface area (Å²) >= 11 is 5.94. The molecule has 2 fully saturated rings. The number of primary amides is 1. The van der Waals surface area contributed by atoms with Gasteiger partial charge in [-0.25, -0.2) is 10.1 Å². The number of anilines is 2. The standard InChI is InChI=1S/C35H41ClN8O3.ClH/c1-22-17-31(43-13-15-47-16-14-43)39-21-29(22)27-4-2-3-24(18-27)19-30(32(38)45)44(34(46)26-7-5-23(20-37)6-8-26)28-11-9-25(10-12-28)33-40-35(36)42-41-33;/h2-4,9-12,17-18,21,23,26,30H,5-8,13-16,19-20,37H2,1H3,(H2,38,45)(H,40,41,42);1H/t23?,26?,30-;/m0./s1. The summed E-state index contributed by atoms with van der Waals surface area (Å²) in [6.45, 7) is 5.71. The number of aromatic nitrogens is 4. The zero-order chi connectivity index (χ0) is 32.9. The highest BCUT2D eigenvalue weighted by atomic mass is 35.5. The van der Waals surface area contributed by atoms with Gasteiger partial charge >= 0.3 is 0 Å². The van der Waals surface area contributed by atoms with Crippen LogP contribution in [0.3, 0.4) is 0 Å². The van der Waals surface area contributed by atoms with E-state index in [0.29, 0.717) is 37.2 Å². The molecular weight excluding hydrogens is 651 g/mol. The molecule has 4 aromatic rings. The van der Waals surface area contributed by atoms with Crippen molar-refractivity contribution in [3.8, 4) is 22.5 Å². The fourth-order valence-electron chi connectivity index (χ4n) is 6.66. The van der Waals surface area contributed by atoms with E-state index in [0.717, 1.165) is 72.4 Å². The van der Waals surface area contributed by atoms with E-state index in [4.69, 9.17) is 32.8 Å². The minimum Gasteiger partial charge on any atom is -0.378 e. The Bertz CT molecular complexity index is 1700. The Morgan fingerprint density at radius 1 is 1.06 bits per heavy atom. The average molecular weight is 694 g/mol. The first-order chi connectivity index (χ1) is 22.8. The Morgan fingerprint density at radius 3 is 2.42 bits per heavy atom. The Labute approximate surface area is 291 Å². The predicted molar refractivity (Wildman–Crippen MR) is 190 cm³/mol. The number of hydrogen-bond donors (Lipinski definition) is 3. The minimum absolute atomic E-state index is 0. The lowest BCUT2D eigenvalue weighted by molar-refractivity contribution is -0.127. The maximum absolute atomic E-state index is 14.3. The van der Waals surface area contributed by atoms with Crippen LogP contribution in [0.15, 0.2) is 60.8 Å². The fraction of sp³-hybridized carbons (Fsp3) is 0.400. The van der Waals surface area contributed by atoms with Crippen molar-refractivity contribution in [3.63, 3.8) is 0 Å². The number of halogens is 2. The van der Waals surface area contributed by atoms with Gasteiger partial charge in [0, 0.05) is 48.4 Å². The van der Waals surface area contributed by atoms with Crippen LogP contribution in [0.2, 0.25) is 5.28 Å². The Kier molecular flexibility index (Phi) is 11.7. The molecule has 254 valence electrons. The highest BCUT2D eigenvalue weighted by molar-refractivity contribution is 6.28. The van der Waals surface area contributed by atoms with E-state index >= 15 is 0 Å². The molecule has 2 aliphatic rings. The largest absolute Gasteiger partial charge is 0.378 e. The van der Waals surface area contributed by atoms with Crippen LogP contribution in [0.1, 0.15) is 36.8 Å². The third-order valence-corrected chi connectivity index (χ3v) is 9.54. The summed E-state index contributed by atoms with van der Waals surface area (Å²) in [7, 11) is 0. The van der Waals surface area contributed by atoms with Gasteiger partial charge in [-0.2, -0.15) is 10.1 Å². The summed E-state index contributed by atoms with van der Waals surface area (Å²) < 4.78 is 5.49. The number of ether oxygens (including phenoxy) is 1. The molecule has 0 bridgehead atoms. The Hall–Kier alpha value is -4.03. The summed E-state index contributed by atoms with van der Waals surface area (Å²) in [6, 6.07) is 16.5. The number of carbonyl (C=O) groups excluding carboxylic acids is 2. The number of aromatic amines is 1. The lowest BCUT2D eigenvalue weighted by Gasteiger charge is -2.35. The van der Waals surface area contributed by atoms with Gasteiger partial charge in [0.15, 0.2) is 5.82 Å². The summed E-state index contributed by atoms with van der Waals surface area (Å²) in [5.41, 5.74) is 17.3. The first-order valence-electron chi connectivity index (χ1n) is 16.2. The molecule has 2 aromatic carbocycles. The van der Waals surface area contributed by atoms with Gasteiger partial charge < -0.3 is 21.1 Å². The number of rotatable bonds is 10. The summed E-state index contributed by atoms with van der Waals surface area (Å²) in [5.74, 6) is 0.883. The molecule has 0 unspecified atom stereocenters. The monoisotopic (exact) mass is 692 g/mol. The van der Waals surface area contributed by atoms with Crippen molar-refractivity contribution in [2.45, 2.75) is 45.1 Å². The molecule has 1 aliphatic carbocycles. The van der Waals surface area contributed by atoms with Crippen molar-refractivity contribution in [3.05, 3.63) is 77.2 Å². The molecule has 13 heteroatoms. The molecule has 1 atom stereocenters. The zero-order valence-corrected chi connectivity index (χ0v) is 28.6.